The largest absolute Gasteiger partial charge is 0.497 e. The van der Waals surface area contributed by atoms with Crippen molar-refractivity contribution in [2.75, 3.05) is 38.3 Å². The van der Waals surface area contributed by atoms with E-state index >= 15 is 0 Å². The molecule has 1 N–H and O–H groups in total. The van der Waals surface area contributed by atoms with Crippen molar-refractivity contribution in [3.05, 3.63) is 52.2 Å². The number of amides is 2. The number of esters is 1. The first-order valence-corrected chi connectivity index (χ1v) is 15.2. The van der Waals surface area contributed by atoms with Gasteiger partial charge in [-0.25, -0.2) is 18.2 Å². The average Bonchev–Trinajstić information content (AvgIpc) is 3.33. The van der Waals surface area contributed by atoms with Crippen LogP contribution in [-0.2, 0) is 36.6 Å². The van der Waals surface area contributed by atoms with Gasteiger partial charge in [0.05, 0.1) is 42.3 Å². The molecule has 3 heterocycles. The number of carbonyl (C=O) groups excluding carboxylic acids is 3. The summed E-state index contributed by atoms with van der Waals surface area (Å²) < 4.78 is 37.7. The Kier molecular flexibility index (Phi) is 9.52. The second-order valence-corrected chi connectivity index (χ2v) is 11.9. The van der Waals surface area contributed by atoms with E-state index in [9.17, 15) is 22.8 Å². The van der Waals surface area contributed by atoms with Crippen LogP contribution in [0.5, 0.6) is 5.75 Å². The number of halogens is 1. The summed E-state index contributed by atoms with van der Waals surface area (Å²) in [4.78, 5) is 45.9. The number of aromatic nitrogens is 1. The van der Waals surface area contributed by atoms with Crippen molar-refractivity contribution < 1.29 is 32.3 Å². The van der Waals surface area contributed by atoms with Gasteiger partial charge in [0.2, 0.25) is 21.8 Å². The average molecular weight is 593 g/mol. The molecular formula is C27H33ClN4O7S. The molecule has 0 spiro atoms. The lowest BCUT2D eigenvalue weighted by molar-refractivity contribution is -0.128. The molecule has 2 fully saturated rings. The number of nitrogens with one attached hydrogen (secondary N) is 1. The summed E-state index contributed by atoms with van der Waals surface area (Å²) in [6, 6.07) is 8.12. The lowest BCUT2D eigenvalue weighted by atomic mass is 9.96. The van der Waals surface area contributed by atoms with Crippen LogP contribution in [0.1, 0.15) is 54.2 Å². The first-order valence-electron chi connectivity index (χ1n) is 13.2. The standard InChI is InChI=1S/C27H33ClN4O7S/c1-3-39-27(35)21-15-22(28)25(29-23(21)16-32-12-4-5-24(32)33)31-13-10-19(11-14-31)26(34)30-40(36,37)17-18-6-8-20(38-2)9-7-18/h6-9,15,19H,3-5,10-14,16-17H2,1-2H3,(H,30,34). The van der Waals surface area contributed by atoms with Gasteiger partial charge in [0.25, 0.3) is 0 Å². The summed E-state index contributed by atoms with van der Waals surface area (Å²) in [5, 5.41) is 0.254. The molecule has 216 valence electrons. The number of benzene rings is 1. The fourth-order valence-electron chi connectivity index (χ4n) is 4.86. The third-order valence-electron chi connectivity index (χ3n) is 6.98. The van der Waals surface area contributed by atoms with Crippen LogP contribution in [0.3, 0.4) is 0 Å². The Morgan fingerprint density at radius 2 is 1.85 bits per heavy atom. The highest BCUT2D eigenvalue weighted by Crippen LogP contribution is 2.31. The predicted octanol–water partition coefficient (Wildman–Crippen LogP) is 2.91. The zero-order valence-corrected chi connectivity index (χ0v) is 24.1. The van der Waals surface area contributed by atoms with E-state index in [2.05, 4.69) is 9.71 Å². The van der Waals surface area contributed by atoms with Crippen LogP contribution in [0.15, 0.2) is 30.3 Å². The van der Waals surface area contributed by atoms with Crippen molar-refractivity contribution in [3.63, 3.8) is 0 Å². The summed E-state index contributed by atoms with van der Waals surface area (Å²) in [6.07, 6.45) is 1.99. The predicted molar refractivity (Wildman–Crippen MR) is 149 cm³/mol. The number of sulfonamides is 1. The van der Waals surface area contributed by atoms with E-state index in [1.54, 1.807) is 36.1 Å². The van der Waals surface area contributed by atoms with Gasteiger partial charge in [-0.2, -0.15) is 0 Å². The number of rotatable bonds is 10. The number of anilines is 1. The van der Waals surface area contributed by atoms with Gasteiger partial charge in [0.15, 0.2) is 0 Å². The fourth-order valence-corrected chi connectivity index (χ4v) is 6.31. The second kappa shape index (κ2) is 12.9. The fraction of sp³-hybridized carbons (Fsp3) is 0.481. The number of methoxy groups -OCH3 is 1. The highest BCUT2D eigenvalue weighted by Gasteiger charge is 2.31. The molecule has 0 radical (unpaired) electrons. The maximum absolute atomic E-state index is 12.8. The molecule has 1 aromatic heterocycles. The van der Waals surface area contributed by atoms with Crippen LogP contribution in [0, 0.1) is 5.92 Å². The van der Waals surface area contributed by atoms with E-state index < -0.39 is 27.8 Å². The normalized spacial score (nSPS) is 16.2. The monoisotopic (exact) mass is 592 g/mol. The van der Waals surface area contributed by atoms with Crippen LogP contribution in [-0.4, -0.2) is 69.4 Å². The van der Waals surface area contributed by atoms with Gasteiger partial charge in [-0.05, 0) is 49.9 Å². The summed E-state index contributed by atoms with van der Waals surface area (Å²) in [5.41, 5.74) is 1.15. The van der Waals surface area contributed by atoms with Crippen molar-refractivity contribution in [1.29, 1.82) is 0 Å². The molecule has 2 saturated heterocycles. The van der Waals surface area contributed by atoms with Crippen molar-refractivity contribution in [1.82, 2.24) is 14.6 Å². The number of nitrogens with zero attached hydrogens (tertiary/aromatic N) is 3. The Hall–Kier alpha value is -3.38. The first-order chi connectivity index (χ1) is 19.1. The van der Waals surface area contributed by atoms with E-state index in [1.807, 2.05) is 4.90 Å². The molecule has 0 saturated carbocycles. The highest BCUT2D eigenvalue weighted by molar-refractivity contribution is 7.89. The third-order valence-corrected chi connectivity index (χ3v) is 8.48. The molecule has 13 heteroatoms. The molecule has 2 aromatic rings. The molecular weight excluding hydrogens is 560 g/mol. The molecule has 0 unspecified atom stereocenters. The van der Waals surface area contributed by atoms with Gasteiger partial charge in [-0.15, -0.1) is 0 Å². The Bertz CT molecular complexity index is 1360. The van der Waals surface area contributed by atoms with E-state index in [-0.39, 0.29) is 35.4 Å². The maximum Gasteiger partial charge on any atom is 0.340 e. The Morgan fingerprint density at radius 1 is 1.15 bits per heavy atom. The van der Waals surface area contributed by atoms with Gasteiger partial charge < -0.3 is 19.3 Å². The van der Waals surface area contributed by atoms with Crippen LogP contribution in [0.2, 0.25) is 5.02 Å². The minimum atomic E-state index is -3.88. The van der Waals surface area contributed by atoms with Gasteiger partial charge in [0, 0.05) is 32.0 Å². The molecule has 2 aliphatic heterocycles. The Morgan fingerprint density at radius 3 is 2.45 bits per heavy atom. The van der Waals surface area contributed by atoms with Crippen LogP contribution in [0.4, 0.5) is 5.82 Å². The zero-order chi connectivity index (χ0) is 28.9. The van der Waals surface area contributed by atoms with Crippen molar-refractivity contribution in [2.45, 2.75) is 44.9 Å². The van der Waals surface area contributed by atoms with E-state index in [4.69, 9.17) is 21.1 Å². The first kappa shape index (κ1) is 29.6. The van der Waals surface area contributed by atoms with Crippen LogP contribution in [0.25, 0.3) is 0 Å². The summed E-state index contributed by atoms with van der Waals surface area (Å²) in [5.74, 6) is -0.866. The summed E-state index contributed by atoms with van der Waals surface area (Å²) >= 11 is 6.55. The lowest BCUT2D eigenvalue weighted by Crippen LogP contribution is -2.43. The number of pyridine rings is 1. The minimum absolute atomic E-state index is 0.00174. The van der Waals surface area contributed by atoms with Gasteiger partial charge in [-0.1, -0.05) is 23.7 Å². The quantitative estimate of drug-likeness (QED) is 0.413. The number of carbonyl (C=O) groups is 3. The SMILES string of the molecule is CCOC(=O)c1cc(Cl)c(N2CCC(C(=O)NS(=O)(=O)Cc3ccc(OC)cc3)CC2)nc1CN1CCCC1=O. The number of likely N-dealkylation sites (tertiary alicyclic amines) is 1. The molecule has 2 aliphatic rings. The molecule has 0 atom stereocenters. The topological polar surface area (TPSA) is 135 Å². The minimum Gasteiger partial charge on any atom is -0.497 e. The highest BCUT2D eigenvalue weighted by atomic mass is 35.5. The van der Waals surface area contributed by atoms with Gasteiger partial charge in [0.1, 0.15) is 11.6 Å². The second-order valence-electron chi connectivity index (χ2n) is 9.76. The molecule has 1 aromatic carbocycles. The maximum atomic E-state index is 12.8. The molecule has 0 aliphatic carbocycles. The Labute approximate surface area is 238 Å². The third kappa shape index (κ3) is 7.22. The molecule has 2 amide bonds. The van der Waals surface area contributed by atoms with E-state index in [1.165, 1.54) is 13.2 Å². The Balaban J connectivity index is 1.42. The number of hydrogen-bond acceptors (Lipinski definition) is 9. The van der Waals surface area contributed by atoms with E-state index in [0.29, 0.717) is 61.7 Å². The van der Waals surface area contributed by atoms with Gasteiger partial charge in [-0.3, -0.25) is 14.3 Å². The number of hydrogen-bond donors (Lipinski definition) is 1. The van der Waals surface area contributed by atoms with Crippen molar-refractivity contribution >= 4 is 45.2 Å². The smallest absolute Gasteiger partial charge is 0.340 e. The molecule has 0 bridgehead atoms. The molecule has 11 nitrogen and oxygen atoms in total. The summed E-state index contributed by atoms with van der Waals surface area (Å²) in [6.45, 7) is 3.46. The molecule has 4 rings (SSSR count). The summed E-state index contributed by atoms with van der Waals surface area (Å²) in [7, 11) is -2.35. The molecule has 40 heavy (non-hydrogen) atoms. The zero-order valence-electron chi connectivity index (χ0n) is 22.5. The number of ether oxygens (including phenoxy) is 2. The van der Waals surface area contributed by atoms with Crippen LogP contribution < -0.4 is 14.4 Å². The van der Waals surface area contributed by atoms with E-state index in [0.717, 1.165) is 6.42 Å². The van der Waals surface area contributed by atoms with Crippen molar-refractivity contribution in [2.24, 2.45) is 5.92 Å². The van der Waals surface area contributed by atoms with Crippen LogP contribution >= 0.6 is 11.6 Å². The lowest BCUT2D eigenvalue weighted by Gasteiger charge is -2.33. The van der Waals surface area contributed by atoms with Gasteiger partial charge >= 0.3 is 5.97 Å². The number of piperidine rings is 1. The van der Waals surface area contributed by atoms with Crippen molar-refractivity contribution in [3.8, 4) is 5.75 Å².